The van der Waals surface area contributed by atoms with Gasteiger partial charge in [0.15, 0.2) is 0 Å². The molecule has 1 N–H and O–H groups in total. The van der Waals surface area contributed by atoms with Crippen LogP contribution in [0.1, 0.15) is 38.8 Å². The van der Waals surface area contributed by atoms with E-state index in [0.717, 1.165) is 5.56 Å². The minimum atomic E-state index is -0.541. The lowest BCUT2D eigenvalue weighted by Crippen LogP contribution is -2.34. The van der Waals surface area contributed by atoms with Crippen molar-refractivity contribution in [2.24, 2.45) is 0 Å². The van der Waals surface area contributed by atoms with E-state index in [2.05, 4.69) is 11.9 Å². The predicted molar refractivity (Wildman–Crippen MR) is 83.4 cm³/mol. The zero-order chi connectivity index (χ0) is 15.3. The Balaban J connectivity index is 2.85. The normalized spacial score (nSPS) is 12.7. The van der Waals surface area contributed by atoms with Crippen molar-refractivity contribution in [1.82, 2.24) is 5.32 Å². The van der Waals surface area contributed by atoms with E-state index < -0.39 is 11.7 Å². The van der Waals surface area contributed by atoms with Crippen LogP contribution in [0.25, 0.3) is 0 Å². The molecule has 0 heterocycles. The number of nitrogens with one attached hydrogen (secondary N) is 1. The second-order valence-corrected chi connectivity index (χ2v) is 6.21. The van der Waals surface area contributed by atoms with Gasteiger partial charge in [0.2, 0.25) is 0 Å². The quantitative estimate of drug-likeness (QED) is 0.782. The molecule has 1 aromatic carbocycles. The van der Waals surface area contributed by atoms with Gasteiger partial charge in [-0.15, -0.1) is 6.58 Å². The van der Waals surface area contributed by atoms with E-state index in [0.29, 0.717) is 16.5 Å². The summed E-state index contributed by atoms with van der Waals surface area (Å²) in [5.41, 5.74) is 0.311. The van der Waals surface area contributed by atoms with Gasteiger partial charge in [-0.25, -0.2) is 4.79 Å². The Bertz CT molecular complexity index is 495. The van der Waals surface area contributed by atoms with Crippen LogP contribution in [0.15, 0.2) is 30.9 Å². The molecule has 0 aliphatic heterocycles. The van der Waals surface area contributed by atoms with Gasteiger partial charge in [-0.2, -0.15) is 0 Å². The van der Waals surface area contributed by atoms with Crippen molar-refractivity contribution in [3.05, 3.63) is 46.5 Å². The molecule has 0 aromatic heterocycles. The molecule has 5 heteroatoms. The fraction of sp³-hybridized carbons (Fsp3) is 0.400. The van der Waals surface area contributed by atoms with Crippen LogP contribution in [-0.2, 0) is 4.74 Å². The Kier molecular flexibility index (Phi) is 5.90. The Morgan fingerprint density at radius 2 is 2.05 bits per heavy atom. The standard InChI is InChI=1S/C15H19Cl2NO2/c1-5-6-13(18-14(19)20-15(2,3)4)10-7-8-11(16)12(17)9-10/h5,7-9,13H,1,6H2,2-4H3,(H,18,19). The topological polar surface area (TPSA) is 38.3 Å². The number of alkyl carbamates (subject to hydrolysis) is 1. The Labute approximate surface area is 129 Å². The molecule has 1 atom stereocenters. The number of carbonyl (C=O) groups excluding carboxylic acids is 1. The van der Waals surface area contributed by atoms with Gasteiger partial charge in [0, 0.05) is 0 Å². The number of ether oxygens (including phenoxy) is 1. The van der Waals surface area contributed by atoms with Crippen molar-refractivity contribution in [2.75, 3.05) is 0 Å². The summed E-state index contributed by atoms with van der Waals surface area (Å²) in [5.74, 6) is 0. The number of benzene rings is 1. The number of amides is 1. The molecule has 0 saturated carbocycles. The number of halogens is 2. The third-order valence-electron chi connectivity index (χ3n) is 2.44. The van der Waals surface area contributed by atoms with E-state index >= 15 is 0 Å². The molecule has 20 heavy (non-hydrogen) atoms. The molecule has 1 unspecified atom stereocenters. The Morgan fingerprint density at radius 3 is 2.55 bits per heavy atom. The third-order valence-corrected chi connectivity index (χ3v) is 3.18. The predicted octanol–water partition coefficient (Wildman–Crippen LogP) is 5.14. The largest absolute Gasteiger partial charge is 0.444 e. The van der Waals surface area contributed by atoms with E-state index in [4.69, 9.17) is 27.9 Å². The van der Waals surface area contributed by atoms with Crippen LogP contribution in [0.2, 0.25) is 10.0 Å². The fourth-order valence-electron chi connectivity index (χ4n) is 1.62. The lowest BCUT2D eigenvalue weighted by Gasteiger charge is -2.23. The maximum atomic E-state index is 11.8. The monoisotopic (exact) mass is 315 g/mol. The van der Waals surface area contributed by atoms with Gasteiger partial charge in [-0.3, -0.25) is 0 Å². The molecule has 0 aliphatic rings. The second-order valence-electron chi connectivity index (χ2n) is 5.40. The molecule has 0 saturated heterocycles. The van der Waals surface area contributed by atoms with Gasteiger partial charge in [-0.05, 0) is 44.9 Å². The summed E-state index contributed by atoms with van der Waals surface area (Å²) in [6.07, 6.45) is 1.82. The minimum absolute atomic E-state index is 0.253. The van der Waals surface area contributed by atoms with Crippen LogP contribution in [0, 0.1) is 0 Å². The first-order chi connectivity index (χ1) is 9.23. The average molecular weight is 316 g/mol. The average Bonchev–Trinajstić information content (AvgIpc) is 2.30. The molecular weight excluding hydrogens is 297 g/mol. The van der Waals surface area contributed by atoms with Crippen LogP contribution >= 0.6 is 23.2 Å². The molecule has 1 rings (SSSR count). The van der Waals surface area contributed by atoms with Crippen LogP contribution < -0.4 is 5.32 Å². The van der Waals surface area contributed by atoms with E-state index in [1.54, 1.807) is 18.2 Å². The summed E-state index contributed by atoms with van der Waals surface area (Å²) in [7, 11) is 0. The van der Waals surface area contributed by atoms with Crippen molar-refractivity contribution < 1.29 is 9.53 Å². The fourth-order valence-corrected chi connectivity index (χ4v) is 1.93. The van der Waals surface area contributed by atoms with Crippen LogP contribution in [0.5, 0.6) is 0 Å². The zero-order valence-electron chi connectivity index (χ0n) is 11.9. The van der Waals surface area contributed by atoms with E-state index in [-0.39, 0.29) is 6.04 Å². The smallest absolute Gasteiger partial charge is 0.408 e. The van der Waals surface area contributed by atoms with Gasteiger partial charge in [0.05, 0.1) is 16.1 Å². The van der Waals surface area contributed by atoms with Gasteiger partial charge >= 0.3 is 6.09 Å². The molecule has 0 radical (unpaired) electrons. The van der Waals surface area contributed by atoms with E-state index in [1.165, 1.54) is 0 Å². The van der Waals surface area contributed by atoms with Crippen molar-refractivity contribution in [3.63, 3.8) is 0 Å². The molecular formula is C15H19Cl2NO2. The number of hydrogen-bond acceptors (Lipinski definition) is 2. The maximum absolute atomic E-state index is 11.8. The first kappa shape index (κ1) is 16.9. The summed E-state index contributed by atoms with van der Waals surface area (Å²) in [6, 6.07) is 5.00. The van der Waals surface area contributed by atoms with E-state index in [9.17, 15) is 4.79 Å². The van der Waals surface area contributed by atoms with Crippen LogP contribution in [0.3, 0.4) is 0 Å². The number of hydrogen-bond donors (Lipinski definition) is 1. The molecule has 0 spiro atoms. The summed E-state index contributed by atoms with van der Waals surface area (Å²) < 4.78 is 5.25. The lowest BCUT2D eigenvalue weighted by atomic mass is 10.0. The molecule has 3 nitrogen and oxygen atoms in total. The first-order valence-electron chi connectivity index (χ1n) is 6.28. The van der Waals surface area contributed by atoms with Gasteiger partial charge in [0.1, 0.15) is 5.60 Å². The van der Waals surface area contributed by atoms with Gasteiger partial charge in [-0.1, -0.05) is 35.3 Å². The van der Waals surface area contributed by atoms with Crippen molar-refractivity contribution in [1.29, 1.82) is 0 Å². The SMILES string of the molecule is C=CCC(NC(=O)OC(C)(C)C)c1ccc(Cl)c(Cl)c1. The zero-order valence-corrected chi connectivity index (χ0v) is 13.4. The summed E-state index contributed by atoms with van der Waals surface area (Å²) in [6.45, 7) is 9.14. The minimum Gasteiger partial charge on any atom is -0.444 e. The maximum Gasteiger partial charge on any atom is 0.408 e. The summed E-state index contributed by atoms with van der Waals surface area (Å²) in [4.78, 5) is 11.8. The molecule has 1 aromatic rings. The van der Waals surface area contributed by atoms with E-state index in [1.807, 2.05) is 26.8 Å². The number of rotatable bonds is 4. The van der Waals surface area contributed by atoms with Gasteiger partial charge < -0.3 is 10.1 Å². The third kappa shape index (κ3) is 5.43. The first-order valence-corrected chi connectivity index (χ1v) is 7.04. The molecule has 1 amide bonds. The van der Waals surface area contributed by atoms with Crippen molar-refractivity contribution in [3.8, 4) is 0 Å². The second kappa shape index (κ2) is 7.00. The highest BCUT2D eigenvalue weighted by Crippen LogP contribution is 2.27. The number of carbonyl (C=O) groups is 1. The summed E-state index contributed by atoms with van der Waals surface area (Å²) in [5, 5.41) is 3.73. The highest BCUT2D eigenvalue weighted by Gasteiger charge is 2.20. The van der Waals surface area contributed by atoms with Crippen LogP contribution in [-0.4, -0.2) is 11.7 Å². The lowest BCUT2D eigenvalue weighted by molar-refractivity contribution is 0.0504. The molecule has 0 aliphatic carbocycles. The highest BCUT2D eigenvalue weighted by molar-refractivity contribution is 6.42. The Morgan fingerprint density at radius 1 is 1.40 bits per heavy atom. The summed E-state index contributed by atoms with van der Waals surface area (Å²) >= 11 is 11.9. The molecule has 0 fully saturated rings. The van der Waals surface area contributed by atoms with Crippen molar-refractivity contribution >= 4 is 29.3 Å². The molecule has 110 valence electrons. The van der Waals surface area contributed by atoms with Crippen LogP contribution in [0.4, 0.5) is 4.79 Å². The Hall–Kier alpha value is -1.19. The van der Waals surface area contributed by atoms with Gasteiger partial charge in [0.25, 0.3) is 0 Å². The highest BCUT2D eigenvalue weighted by atomic mass is 35.5. The molecule has 0 bridgehead atoms. The van der Waals surface area contributed by atoms with Crippen molar-refractivity contribution in [2.45, 2.75) is 38.8 Å².